The Morgan fingerprint density at radius 1 is 1.55 bits per heavy atom. The predicted molar refractivity (Wildman–Crippen MR) is 76.8 cm³/mol. The van der Waals surface area contributed by atoms with E-state index >= 15 is 0 Å². The van der Waals surface area contributed by atoms with Gasteiger partial charge in [-0.25, -0.2) is 0 Å². The van der Waals surface area contributed by atoms with Crippen LogP contribution in [-0.2, 0) is 16.9 Å². The number of carbonyl (C=O) groups is 1. The average molecular weight is 292 g/mol. The van der Waals surface area contributed by atoms with Crippen LogP contribution < -0.4 is 0 Å². The number of carboxylic acid groups (broad SMARTS) is 1. The Bertz CT molecular complexity index is 697. The summed E-state index contributed by atoms with van der Waals surface area (Å²) >= 11 is 1.55. The zero-order chi connectivity index (χ0) is 14.5. The molecule has 6 heteroatoms. The number of aromatic nitrogens is 2. The minimum Gasteiger partial charge on any atom is -0.481 e. The molecule has 0 spiro atoms. The summed E-state index contributed by atoms with van der Waals surface area (Å²) in [4.78, 5) is 16.5. The first-order valence-corrected chi connectivity index (χ1v) is 7.69. The Morgan fingerprint density at radius 3 is 2.95 bits per heavy atom. The van der Waals surface area contributed by atoms with E-state index in [4.69, 9.17) is 0 Å². The molecule has 0 radical (unpaired) electrons. The lowest BCUT2D eigenvalue weighted by Crippen LogP contribution is -2.41. The van der Waals surface area contributed by atoms with Gasteiger partial charge in [-0.05, 0) is 25.7 Å². The SMILES string of the molecule is CSc1cncc2cc3n(c12)C(O)(C(C)C(=O)O)CC3. The van der Waals surface area contributed by atoms with Gasteiger partial charge in [0.2, 0.25) is 0 Å². The van der Waals surface area contributed by atoms with Crippen molar-refractivity contribution in [1.29, 1.82) is 0 Å². The number of hydrogen-bond donors (Lipinski definition) is 2. The van der Waals surface area contributed by atoms with E-state index in [0.29, 0.717) is 12.8 Å². The van der Waals surface area contributed by atoms with Crippen molar-refractivity contribution in [1.82, 2.24) is 9.55 Å². The molecule has 0 bridgehead atoms. The zero-order valence-electron chi connectivity index (χ0n) is 11.3. The summed E-state index contributed by atoms with van der Waals surface area (Å²) in [5.41, 5.74) is 0.490. The second-order valence-corrected chi connectivity index (χ2v) is 6.04. The molecule has 0 aromatic carbocycles. The van der Waals surface area contributed by atoms with Crippen LogP contribution in [0.2, 0.25) is 0 Å². The van der Waals surface area contributed by atoms with Gasteiger partial charge >= 0.3 is 5.97 Å². The van der Waals surface area contributed by atoms with Crippen molar-refractivity contribution < 1.29 is 15.0 Å². The van der Waals surface area contributed by atoms with E-state index in [9.17, 15) is 15.0 Å². The number of rotatable bonds is 3. The average Bonchev–Trinajstić information content (AvgIpc) is 2.96. The smallest absolute Gasteiger partial charge is 0.311 e. The maximum atomic E-state index is 11.3. The Morgan fingerprint density at radius 2 is 2.30 bits per heavy atom. The monoisotopic (exact) mass is 292 g/mol. The molecular weight excluding hydrogens is 276 g/mol. The molecule has 2 atom stereocenters. The van der Waals surface area contributed by atoms with Crippen molar-refractivity contribution in [2.75, 3.05) is 6.26 Å². The van der Waals surface area contributed by atoms with Crippen molar-refractivity contribution in [2.24, 2.45) is 5.92 Å². The molecule has 0 aliphatic carbocycles. The maximum Gasteiger partial charge on any atom is 0.311 e. The minimum atomic E-state index is -1.37. The van der Waals surface area contributed by atoms with E-state index in [0.717, 1.165) is 21.5 Å². The lowest BCUT2D eigenvalue weighted by atomic mass is 9.95. The molecule has 5 nitrogen and oxygen atoms in total. The Hall–Kier alpha value is -1.53. The normalized spacial score (nSPS) is 22.9. The van der Waals surface area contributed by atoms with Gasteiger partial charge in [0.15, 0.2) is 5.72 Å². The highest BCUT2D eigenvalue weighted by molar-refractivity contribution is 7.98. The summed E-state index contributed by atoms with van der Waals surface area (Å²) in [5.74, 6) is -1.84. The molecule has 1 aliphatic heterocycles. The van der Waals surface area contributed by atoms with Crippen LogP contribution >= 0.6 is 11.8 Å². The highest BCUT2D eigenvalue weighted by Gasteiger charge is 2.45. The third-order valence-corrected chi connectivity index (χ3v) is 4.90. The van der Waals surface area contributed by atoms with Gasteiger partial charge in [0.1, 0.15) is 5.92 Å². The fourth-order valence-corrected chi connectivity index (χ4v) is 3.56. The van der Waals surface area contributed by atoms with Gasteiger partial charge in [0.25, 0.3) is 0 Å². The summed E-state index contributed by atoms with van der Waals surface area (Å²) in [6.45, 7) is 1.56. The van der Waals surface area contributed by atoms with Gasteiger partial charge in [0, 0.05) is 34.8 Å². The van der Waals surface area contributed by atoms with Gasteiger partial charge < -0.3 is 14.8 Å². The van der Waals surface area contributed by atoms with Crippen LogP contribution in [0.5, 0.6) is 0 Å². The molecule has 2 aromatic heterocycles. The number of nitrogens with zero attached hydrogens (tertiary/aromatic N) is 2. The number of pyridine rings is 1. The van der Waals surface area contributed by atoms with E-state index in [1.807, 2.05) is 12.3 Å². The summed E-state index contributed by atoms with van der Waals surface area (Å²) in [6, 6.07) is 1.99. The topological polar surface area (TPSA) is 75.3 Å². The van der Waals surface area contributed by atoms with Crippen molar-refractivity contribution >= 4 is 28.6 Å². The summed E-state index contributed by atoms with van der Waals surface area (Å²) in [7, 11) is 0. The second kappa shape index (κ2) is 4.49. The van der Waals surface area contributed by atoms with Crippen LogP contribution in [0, 0.1) is 5.92 Å². The molecular formula is C14H16N2O3S. The van der Waals surface area contributed by atoms with Crippen molar-refractivity contribution in [3.8, 4) is 0 Å². The molecule has 2 aromatic rings. The summed E-state index contributed by atoms with van der Waals surface area (Å²) in [5, 5.41) is 21.2. The number of aliphatic hydroxyl groups is 1. The van der Waals surface area contributed by atoms with Gasteiger partial charge in [-0.1, -0.05) is 0 Å². The van der Waals surface area contributed by atoms with Crippen LogP contribution in [-0.4, -0.2) is 32.0 Å². The molecule has 3 rings (SSSR count). The number of thioether (sulfide) groups is 1. The fraction of sp³-hybridized carbons (Fsp3) is 0.429. The van der Waals surface area contributed by atoms with Gasteiger partial charge in [-0.2, -0.15) is 0 Å². The number of hydrogen-bond acceptors (Lipinski definition) is 4. The first-order chi connectivity index (χ1) is 9.49. The van der Waals surface area contributed by atoms with E-state index in [1.165, 1.54) is 0 Å². The first-order valence-electron chi connectivity index (χ1n) is 6.47. The van der Waals surface area contributed by atoms with Crippen molar-refractivity contribution in [3.05, 3.63) is 24.2 Å². The molecule has 0 saturated carbocycles. The second-order valence-electron chi connectivity index (χ2n) is 5.19. The quantitative estimate of drug-likeness (QED) is 0.847. The summed E-state index contributed by atoms with van der Waals surface area (Å²) in [6.07, 6.45) is 6.57. The van der Waals surface area contributed by atoms with Gasteiger partial charge in [-0.3, -0.25) is 9.78 Å². The van der Waals surface area contributed by atoms with E-state index in [-0.39, 0.29) is 0 Å². The van der Waals surface area contributed by atoms with E-state index in [2.05, 4.69) is 4.98 Å². The van der Waals surface area contributed by atoms with E-state index in [1.54, 1.807) is 35.6 Å². The van der Waals surface area contributed by atoms with Gasteiger partial charge in [-0.15, -0.1) is 11.8 Å². The number of aliphatic carboxylic acids is 1. The summed E-state index contributed by atoms with van der Waals surface area (Å²) < 4.78 is 1.80. The highest BCUT2D eigenvalue weighted by Crippen LogP contribution is 2.42. The lowest BCUT2D eigenvalue weighted by molar-refractivity contribution is -0.158. The Labute approximate surface area is 120 Å². The maximum absolute atomic E-state index is 11.3. The standard InChI is InChI=1S/C14H16N2O3S/c1-8(13(17)18)14(19)4-3-10-5-9-6-15-7-11(20-2)12(9)16(10)14/h5-8,19H,3-4H2,1-2H3,(H,17,18). The van der Waals surface area contributed by atoms with Crippen LogP contribution in [0.25, 0.3) is 10.9 Å². The molecule has 2 N–H and O–H groups in total. The number of aryl methyl sites for hydroxylation is 1. The molecule has 0 amide bonds. The molecule has 2 unspecified atom stereocenters. The fourth-order valence-electron chi connectivity index (χ4n) is 2.99. The van der Waals surface area contributed by atoms with Crippen LogP contribution in [0.15, 0.2) is 23.4 Å². The van der Waals surface area contributed by atoms with Gasteiger partial charge in [0.05, 0.1) is 5.52 Å². The van der Waals surface area contributed by atoms with Crippen LogP contribution in [0.3, 0.4) is 0 Å². The van der Waals surface area contributed by atoms with Crippen LogP contribution in [0.4, 0.5) is 0 Å². The Balaban J connectivity index is 2.29. The van der Waals surface area contributed by atoms with E-state index < -0.39 is 17.6 Å². The first kappa shape index (κ1) is 13.5. The number of carboxylic acids is 1. The molecule has 20 heavy (non-hydrogen) atoms. The highest BCUT2D eigenvalue weighted by atomic mass is 32.2. The minimum absolute atomic E-state index is 0.432. The molecule has 0 saturated heterocycles. The van der Waals surface area contributed by atoms with Crippen molar-refractivity contribution in [2.45, 2.75) is 30.4 Å². The van der Waals surface area contributed by atoms with Crippen LogP contribution in [0.1, 0.15) is 19.0 Å². The third-order valence-electron chi connectivity index (χ3n) is 4.17. The Kier molecular flexibility index (Phi) is 3.02. The molecule has 3 heterocycles. The predicted octanol–water partition coefficient (Wildman–Crippen LogP) is 2.07. The number of fused-ring (bicyclic) bond motifs is 3. The third kappa shape index (κ3) is 1.68. The molecule has 0 fully saturated rings. The van der Waals surface area contributed by atoms with Crippen molar-refractivity contribution in [3.63, 3.8) is 0 Å². The lowest BCUT2D eigenvalue weighted by Gasteiger charge is -2.30. The largest absolute Gasteiger partial charge is 0.481 e. The molecule has 1 aliphatic rings. The zero-order valence-corrected chi connectivity index (χ0v) is 12.1. The molecule has 106 valence electrons.